The van der Waals surface area contributed by atoms with Crippen molar-refractivity contribution in [2.45, 2.75) is 19.9 Å². The second-order valence-corrected chi connectivity index (χ2v) is 4.24. The van der Waals surface area contributed by atoms with Crippen LogP contribution in [0.15, 0.2) is 48.8 Å². The summed E-state index contributed by atoms with van der Waals surface area (Å²) >= 11 is 0. The second kappa shape index (κ2) is 4.87. The molecule has 1 N–H and O–H groups in total. The van der Waals surface area contributed by atoms with Crippen LogP contribution in [-0.2, 0) is 0 Å². The van der Waals surface area contributed by atoms with E-state index in [-0.39, 0.29) is 11.9 Å². The average Bonchev–Trinajstić information content (AvgIpc) is 2.81. The fourth-order valence-electron chi connectivity index (χ4n) is 1.73. The average molecular weight is 228 g/mol. The standard InChI is InChI=1S/C14H16N2O/c1-11(2)15-14(17)12-7-3-4-8-13(12)16-9-5-6-10-16/h3-11H,1-2H3,(H,15,17). The summed E-state index contributed by atoms with van der Waals surface area (Å²) in [6.07, 6.45) is 3.86. The molecule has 0 saturated carbocycles. The van der Waals surface area contributed by atoms with Gasteiger partial charge in [0.15, 0.2) is 0 Å². The van der Waals surface area contributed by atoms with Crippen LogP contribution in [0.5, 0.6) is 0 Å². The molecular formula is C14H16N2O. The van der Waals surface area contributed by atoms with Crippen LogP contribution < -0.4 is 5.32 Å². The van der Waals surface area contributed by atoms with Gasteiger partial charge in [-0.2, -0.15) is 0 Å². The third kappa shape index (κ3) is 2.56. The Morgan fingerprint density at radius 2 is 1.76 bits per heavy atom. The number of benzene rings is 1. The van der Waals surface area contributed by atoms with Gasteiger partial charge in [0.05, 0.1) is 11.3 Å². The minimum atomic E-state index is -0.0377. The molecule has 2 rings (SSSR count). The van der Waals surface area contributed by atoms with Gasteiger partial charge in [-0.25, -0.2) is 0 Å². The zero-order valence-corrected chi connectivity index (χ0v) is 10.1. The summed E-state index contributed by atoms with van der Waals surface area (Å²) in [7, 11) is 0. The summed E-state index contributed by atoms with van der Waals surface area (Å²) in [4.78, 5) is 12.0. The van der Waals surface area contributed by atoms with Crippen LogP contribution in [0.25, 0.3) is 5.69 Å². The van der Waals surface area contributed by atoms with Gasteiger partial charge in [-0.05, 0) is 38.1 Å². The van der Waals surface area contributed by atoms with E-state index >= 15 is 0 Å². The first-order valence-electron chi connectivity index (χ1n) is 5.71. The van der Waals surface area contributed by atoms with Gasteiger partial charge in [0.2, 0.25) is 0 Å². The predicted molar refractivity (Wildman–Crippen MR) is 68.4 cm³/mol. The first-order chi connectivity index (χ1) is 8.18. The molecule has 1 amide bonds. The van der Waals surface area contributed by atoms with Crippen molar-refractivity contribution in [2.75, 3.05) is 0 Å². The van der Waals surface area contributed by atoms with Crippen molar-refractivity contribution in [1.29, 1.82) is 0 Å². The Bertz CT molecular complexity index is 501. The Labute approximate surface area is 101 Å². The Kier molecular flexibility index (Phi) is 3.28. The molecule has 0 fully saturated rings. The normalized spacial score (nSPS) is 10.5. The van der Waals surface area contributed by atoms with Gasteiger partial charge in [0.1, 0.15) is 0 Å². The van der Waals surface area contributed by atoms with Crippen LogP contribution in [0.4, 0.5) is 0 Å². The quantitative estimate of drug-likeness (QED) is 0.860. The van der Waals surface area contributed by atoms with E-state index in [2.05, 4.69) is 5.32 Å². The highest BCUT2D eigenvalue weighted by molar-refractivity contribution is 5.97. The lowest BCUT2D eigenvalue weighted by Gasteiger charge is -2.12. The van der Waals surface area contributed by atoms with E-state index in [1.54, 1.807) is 0 Å². The highest BCUT2D eigenvalue weighted by Gasteiger charge is 2.12. The van der Waals surface area contributed by atoms with Crippen LogP contribution in [0.2, 0.25) is 0 Å². The topological polar surface area (TPSA) is 34.0 Å². The number of rotatable bonds is 3. The molecule has 3 nitrogen and oxygen atoms in total. The van der Waals surface area contributed by atoms with Crippen LogP contribution in [0.3, 0.4) is 0 Å². The molecule has 2 aromatic rings. The van der Waals surface area contributed by atoms with Gasteiger partial charge in [0.25, 0.3) is 5.91 Å². The van der Waals surface area contributed by atoms with Crippen molar-refractivity contribution in [1.82, 2.24) is 9.88 Å². The molecule has 0 atom stereocenters. The van der Waals surface area contributed by atoms with Crippen molar-refractivity contribution < 1.29 is 4.79 Å². The number of aromatic nitrogens is 1. The minimum absolute atomic E-state index is 0.0377. The van der Waals surface area contributed by atoms with Crippen molar-refractivity contribution in [3.05, 3.63) is 54.4 Å². The van der Waals surface area contributed by atoms with E-state index in [0.717, 1.165) is 5.69 Å². The smallest absolute Gasteiger partial charge is 0.253 e. The number of nitrogens with one attached hydrogen (secondary N) is 1. The Hall–Kier alpha value is -2.03. The molecule has 0 radical (unpaired) electrons. The van der Waals surface area contributed by atoms with Gasteiger partial charge in [0, 0.05) is 18.4 Å². The number of carbonyl (C=O) groups is 1. The van der Waals surface area contributed by atoms with E-state index < -0.39 is 0 Å². The summed E-state index contributed by atoms with van der Waals surface area (Å²) in [5, 5.41) is 2.91. The maximum Gasteiger partial charge on any atom is 0.253 e. The zero-order valence-electron chi connectivity index (χ0n) is 10.1. The van der Waals surface area contributed by atoms with Crippen molar-refractivity contribution in [2.24, 2.45) is 0 Å². The van der Waals surface area contributed by atoms with Gasteiger partial charge in [-0.3, -0.25) is 4.79 Å². The first-order valence-corrected chi connectivity index (χ1v) is 5.71. The molecular weight excluding hydrogens is 212 g/mol. The third-order valence-corrected chi connectivity index (χ3v) is 2.45. The van der Waals surface area contributed by atoms with Crippen molar-refractivity contribution in [3.63, 3.8) is 0 Å². The lowest BCUT2D eigenvalue weighted by Crippen LogP contribution is -2.30. The molecule has 17 heavy (non-hydrogen) atoms. The van der Waals surface area contributed by atoms with Crippen molar-refractivity contribution >= 4 is 5.91 Å². The number of hydrogen-bond acceptors (Lipinski definition) is 1. The third-order valence-electron chi connectivity index (χ3n) is 2.45. The van der Waals surface area contributed by atoms with Gasteiger partial charge < -0.3 is 9.88 Å². The summed E-state index contributed by atoms with van der Waals surface area (Å²) in [5.41, 5.74) is 1.59. The predicted octanol–water partition coefficient (Wildman–Crippen LogP) is 2.62. The van der Waals surface area contributed by atoms with Crippen molar-refractivity contribution in [3.8, 4) is 5.69 Å². The van der Waals surface area contributed by atoms with Gasteiger partial charge in [-0.15, -0.1) is 0 Å². The molecule has 88 valence electrons. The second-order valence-electron chi connectivity index (χ2n) is 4.24. The van der Waals surface area contributed by atoms with Crippen LogP contribution in [0, 0.1) is 0 Å². The molecule has 0 spiro atoms. The largest absolute Gasteiger partial charge is 0.350 e. The molecule has 1 aromatic carbocycles. The molecule has 1 aromatic heterocycles. The Morgan fingerprint density at radius 3 is 2.41 bits per heavy atom. The first kappa shape index (κ1) is 11.5. The van der Waals surface area contributed by atoms with E-state index in [1.807, 2.05) is 67.2 Å². The highest BCUT2D eigenvalue weighted by Crippen LogP contribution is 2.14. The van der Waals surface area contributed by atoms with Crippen LogP contribution in [-0.4, -0.2) is 16.5 Å². The number of para-hydroxylation sites is 1. The Balaban J connectivity index is 2.38. The van der Waals surface area contributed by atoms with Gasteiger partial charge in [-0.1, -0.05) is 12.1 Å². The maximum atomic E-state index is 12.0. The summed E-state index contributed by atoms with van der Waals surface area (Å²) in [6.45, 7) is 3.91. The zero-order chi connectivity index (χ0) is 12.3. The fraction of sp³-hybridized carbons (Fsp3) is 0.214. The van der Waals surface area contributed by atoms with Gasteiger partial charge >= 0.3 is 0 Å². The Morgan fingerprint density at radius 1 is 1.12 bits per heavy atom. The number of hydrogen-bond donors (Lipinski definition) is 1. The number of nitrogens with zero attached hydrogens (tertiary/aromatic N) is 1. The number of amides is 1. The summed E-state index contributed by atoms with van der Waals surface area (Å²) in [6, 6.07) is 11.6. The molecule has 0 saturated heterocycles. The SMILES string of the molecule is CC(C)NC(=O)c1ccccc1-n1cccc1. The molecule has 0 bridgehead atoms. The molecule has 0 unspecified atom stereocenters. The molecule has 0 aliphatic heterocycles. The highest BCUT2D eigenvalue weighted by atomic mass is 16.1. The maximum absolute atomic E-state index is 12.0. The molecule has 0 aliphatic rings. The molecule has 0 aliphatic carbocycles. The van der Waals surface area contributed by atoms with E-state index in [0.29, 0.717) is 5.56 Å². The summed E-state index contributed by atoms with van der Waals surface area (Å²) < 4.78 is 1.94. The monoisotopic (exact) mass is 228 g/mol. The fourth-order valence-corrected chi connectivity index (χ4v) is 1.73. The van der Waals surface area contributed by atoms with E-state index in [4.69, 9.17) is 0 Å². The molecule has 3 heteroatoms. The van der Waals surface area contributed by atoms with E-state index in [9.17, 15) is 4.79 Å². The van der Waals surface area contributed by atoms with E-state index in [1.165, 1.54) is 0 Å². The lowest BCUT2D eigenvalue weighted by molar-refractivity contribution is 0.0943. The van der Waals surface area contributed by atoms with Crippen LogP contribution >= 0.6 is 0 Å². The minimum Gasteiger partial charge on any atom is -0.350 e. The van der Waals surface area contributed by atoms with Crippen LogP contribution in [0.1, 0.15) is 24.2 Å². The summed E-state index contributed by atoms with van der Waals surface area (Å²) in [5.74, 6) is -0.0377. The molecule has 1 heterocycles. The number of carbonyl (C=O) groups excluding carboxylic acids is 1. The lowest BCUT2D eigenvalue weighted by atomic mass is 10.1.